The van der Waals surface area contributed by atoms with Crippen LogP contribution in [0.4, 0.5) is 0 Å². The first-order chi connectivity index (χ1) is 6.66. The van der Waals surface area contributed by atoms with E-state index >= 15 is 0 Å². The van der Waals surface area contributed by atoms with E-state index in [1.807, 2.05) is 18.2 Å². The fraction of sp³-hybridized carbons (Fsp3) is 0.385. The summed E-state index contributed by atoms with van der Waals surface area (Å²) in [4.78, 5) is 0. The van der Waals surface area contributed by atoms with E-state index in [1.54, 1.807) is 7.11 Å². The molecule has 1 heteroatoms. The van der Waals surface area contributed by atoms with Gasteiger partial charge in [0.15, 0.2) is 0 Å². The van der Waals surface area contributed by atoms with E-state index in [9.17, 15) is 0 Å². The number of benzene rings is 1. The van der Waals surface area contributed by atoms with E-state index in [-0.39, 0.29) is 0 Å². The Labute approximate surface area is 86.4 Å². The summed E-state index contributed by atoms with van der Waals surface area (Å²) in [6, 6.07) is 10.3. The van der Waals surface area contributed by atoms with Crippen molar-refractivity contribution in [1.29, 1.82) is 0 Å². The monoisotopic (exact) mass is 190 g/mol. The van der Waals surface area contributed by atoms with E-state index in [0.29, 0.717) is 5.92 Å². The Morgan fingerprint density at radius 2 is 1.71 bits per heavy atom. The lowest BCUT2D eigenvalue weighted by atomic mass is 10.0. The van der Waals surface area contributed by atoms with E-state index in [0.717, 1.165) is 5.76 Å². The van der Waals surface area contributed by atoms with Crippen LogP contribution in [0.3, 0.4) is 0 Å². The number of methoxy groups -OCH3 is 1. The molecule has 14 heavy (non-hydrogen) atoms. The predicted octanol–water partition coefficient (Wildman–Crippen LogP) is 3.72. The fourth-order valence-electron chi connectivity index (χ4n) is 1.65. The standard InChI is InChI=1S/C13H18O/c1-10(2)13(14-4)11(3)12-8-6-5-7-9-12/h5-10H,1-4H3/b13-11-. The number of ether oxygens (including phenoxy) is 1. The second kappa shape index (κ2) is 4.85. The van der Waals surface area contributed by atoms with Crippen molar-refractivity contribution in [2.75, 3.05) is 7.11 Å². The lowest BCUT2D eigenvalue weighted by Gasteiger charge is -2.14. The van der Waals surface area contributed by atoms with E-state index in [2.05, 4.69) is 32.9 Å². The van der Waals surface area contributed by atoms with Crippen LogP contribution in [0.1, 0.15) is 26.3 Å². The smallest absolute Gasteiger partial charge is 0.102 e. The van der Waals surface area contributed by atoms with Crippen LogP contribution in [0.5, 0.6) is 0 Å². The molecule has 0 radical (unpaired) electrons. The topological polar surface area (TPSA) is 9.23 Å². The molecule has 0 unspecified atom stereocenters. The Morgan fingerprint density at radius 1 is 1.14 bits per heavy atom. The van der Waals surface area contributed by atoms with Gasteiger partial charge in [-0.3, -0.25) is 0 Å². The van der Waals surface area contributed by atoms with Crippen molar-refractivity contribution >= 4 is 5.57 Å². The van der Waals surface area contributed by atoms with Crippen LogP contribution in [0, 0.1) is 5.92 Å². The molecule has 0 amide bonds. The third-order valence-electron chi connectivity index (χ3n) is 2.32. The lowest BCUT2D eigenvalue weighted by Crippen LogP contribution is -1.99. The molecule has 0 spiro atoms. The molecule has 0 fully saturated rings. The Kier molecular flexibility index (Phi) is 3.75. The van der Waals surface area contributed by atoms with Gasteiger partial charge in [0.05, 0.1) is 7.11 Å². The zero-order valence-electron chi connectivity index (χ0n) is 9.37. The van der Waals surface area contributed by atoms with Crippen molar-refractivity contribution in [3.05, 3.63) is 41.7 Å². The SMILES string of the molecule is CO/C(=C(/C)c1ccccc1)C(C)C. The number of allylic oxidation sites excluding steroid dienone is 2. The molecule has 0 aliphatic carbocycles. The van der Waals surface area contributed by atoms with Gasteiger partial charge in [-0.05, 0) is 18.1 Å². The van der Waals surface area contributed by atoms with Gasteiger partial charge in [-0.2, -0.15) is 0 Å². The summed E-state index contributed by atoms with van der Waals surface area (Å²) in [6.45, 7) is 6.39. The van der Waals surface area contributed by atoms with Crippen molar-refractivity contribution < 1.29 is 4.74 Å². The van der Waals surface area contributed by atoms with Crippen LogP contribution in [-0.4, -0.2) is 7.11 Å². The van der Waals surface area contributed by atoms with Gasteiger partial charge in [-0.25, -0.2) is 0 Å². The van der Waals surface area contributed by atoms with Crippen molar-refractivity contribution in [3.8, 4) is 0 Å². The number of hydrogen-bond donors (Lipinski definition) is 0. The summed E-state index contributed by atoms with van der Waals surface area (Å²) in [5, 5.41) is 0. The molecule has 0 atom stereocenters. The highest BCUT2D eigenvalue weighted by Crippen LogP contribution is 2.23. The molecule has 1 aromatic carbocycles. The Bertz CT molecular complexity index is 309. The summed E-state index contributed by atoms with van der Waals surface area (Å²) < 4.78 is 5.41. The van der Waals surface area contributed by atoms with Crippen LogP contribution >= 0.6 is 0 Å². The largest absolute Gasteiger partial charge is 0.501 e. The van der Waals surface area contributed by atoms with Crippen LogP contribution in [0.2, 0.25) is 0 Å². The molecule has 0 heterocycles. The van der Waals surface area contributed by atoms with Crippen molar-refractivity contribution in [3.63, 3.8) is 0 Å². The lowest BCUT2D eigenvalue weighted by molar-refractivity contribution is 0.256. The molecule has 0 aromatic heterocycles. The molecule has 1 aromatic rings. The molecular weight excluding hydrogens is 172 g/mol. The minimum absolute atomic E-state index is 0.431. The van der Waals surface area contributed by atoms with Crippen LogP contribution in [0.15, 0.2) is 36.1 Å². The summed E-state index contributed by atoms with van der Waals surface area (Å²) in [5.74, 6) is 1.50. The molecule has 0 aliphatic rings. The van der Waals surface area contributed by atoms with Gasteiger partial charge in [0.2, 0.25) is 0 Å². The number of hydrogen-bond acceptors (Lipinski definition) is 1. The van der Waals surface area contributed by atoms with Gasteiger partial charge < -0.3 is 4.74 Å². The molecule has 0 N–H and O–H groups in total. The minimum atomic E-state index is 0.431. The van der Waals surface area contributed by atoms with Gasteiger partial charge in [0, 0.05) is 5.92 Å². The zero-order valence-corrected chi connectivity index (χ0v) is 9.37. The minimum Gasteiger partial charge on any atom is -0.501 e. The maximum absolute atomic E-state index is 5.41. The van der Waals surface area contributed by atoms with E-state index in [1.165, 1.54) is 11.1 Å². The predicted molar refractivity (Wildman–Crippen MR) is 60.9 cm³/mol. The summed E-state index contributed by atoms with van der Waals surface area (Å²) >= 11 is 0. The second-order valence-electron chi connectivity index (χ2n) is 3.71. The highest BCUT2D eigenvalue weighted by atomic mass is 16.5. The maximum Gasteiger partial charge on any atom is 0.102 e. The van der Waals surface area contributed by atoms with Crippen LogP contribution in [-0.2, 0) is 4.74 Å². The Balaban J connectivity index is 3.08. The first kappa shape index (κ1) is 10.8. The van der Waals surface area contributed by atoms with Gasteiger partial charge in [0.1, 0.15) is 5.76 Å². The van der Waals surface area contributed by atoms with Gasteiger partial charge in [-0.15, -0.1) is 0 Å². The maximum atomic E-state index is 5.41. The molecule has 0 aliphatic heterocycles. The molecule has 76 valence electrons. The number of rotatable bonds is 3. The first-order valence-corrected chi connectivity index (χ1v) is 4.97. The van der Waals surface area contributed by atoms with E-state index < -0.39 is 0 Å². The van der Waals surface area contributed by atoms with Crippen molar-refractivity contribution in [2.45, 2.75) is 20.8 Å². The van der Waals surface area contributed by atoms with Crippen LogP contribution in [0.25, 0.3) is 5.57 Å². The fourth-order valence-corrected chi connectivity index (χ4v) is 1.65. The van der Waals surface area contributed by atoms with Crippen LogP contribution < -0.4 is 0 Å². The third kappa shape index (κ3) is 2.38. The summed E-state index contributed by atoms with van der Waals surface area (Å²) in [6.07, 6.45) is 0. The molecule has 0 saturated heterocycles. The molecule has 0 saturated carbocycles. The van der Waals surface area contributed by atoms with Gasteiger partial charge in [0.25, 0.3) is 0 Å². The van der Waals surface area contributed by atoms with Crippen molar-refractivity contribution in [2.24, 2.45) is 5.92 Å². The molecule has 1 rings (SSSR count). The summed E-state index contributed by atoms with van der Waals surface area (Å²) in [7, 11) is 1.74. The van der Waals surface area contributed by atoms with E-state index in [4.69, 9.17) is 4.74 Å². The molecule has 1 nitrogen and oxygen atoms in total. The highest BCUT2D eigenvalue weighted by Gasteiger charge is 2.08. The molecule has 0 bridgehead atoms. The quantitative estimate of drug-likeness (QED) is 0.660. The Hall–Kier alpha value is -1.24. The third-order valence-corrected chi connectivity index (χ3v) is 2.32. The average molecular weight is 190 g/mol. The Morgan fingerprint density at radius 3 is 2.14 bits per heavy atom. The normalized spacial score (nSPS) is 12.6. The van der Waals surface area contributed by atoms with Crippen molar-refractivity contribution in [1.82, 2.24) is 0 Å². The second-order valence-corrected chi connectivity index (χ2v) is 3.71. The summed E-state index contributed by atoms with van der Waals surface area (Å²) in [5.41, 5.74) is 2.46. The average Bonchev–Trinajstić information content (AvgIpc) is 2.19. The van der Waals surface area contributed by atoms with Gasteiger partial charge >= 0.3 is 0 Å². The first-order valence-electron chi connectivity index (χ1n) is 4.97. The molecular formula is C13H18O. The zero-order chi connectivity index (χ0) is 10.6. The highest BCUT2D eigenvalue weighted by molar-refractivity contribution is 5.65. The van der Waals surface area contributed by atoms with Gasteiger partial charge in [-0.1, -0.05) is 44.2 Å².